The van der Waals surface area contributed by atoms with Crippen LogP contribution < -0.4 is 5.56 Å². The molecule has 0 aliphatic carbocycles. The summed E-state index contributed by atoms with van der Waals surface area (Å²) in [4.78, 5) is 29.3. The second-order valence-corrected chi connectivity index (χ2v) is 7.67. The predicted octanol–water partition coefficient (Wildman–Crippen LogP) is 2.03. The number of aromatic amines is 1. The molecular weight excluding hydrogens is 330 g/mol. The van der Waals surface area contributed by atoms with Crippen LogP contribution in [0.25, 0.3) is 0 Å². The van der Waals surface area contributed by atoms with Crippen LogP contribution in [0.2, 0.25) is 0 Å². The van der Waals surface area contributed by atoms with Gasteiger partial charge in [-0.3, -0.25) is 14.3 Å². The van der Waals surface area contributed by atoms with Crippen LogP contribution in [0.4, 0.5) is 0 Å². The number of rotatable bonds is 5. The number of carbonyl (C=O) groups excluding carboxylic acids is 1. The zero-order valence-corrected chi connectivity index (χ0v) is 15.7. The van der Waals surface area contributed by atoms with Gasteiger partial charge in [-0.2, -0.15) is 0 Å². The van der Waals surface area contributed by atoms with E-state index in [2.05, 4.69) is 29.1 Å². The zero-order chi connectivity index (χ0) is 18.7. The first-order valence-corrected chi connectivity index (χ1v) is 9.30. The molecule has 1 aliphatic heterocycles. The summed E-state index contributed by atoms with van der Waals surface area (Å²) in [6.07, 6.45) is 4.91. The molecule has 0 unspecified atom stereocenters. The average molecular weight is 357 g/mol. The largest absolute Gasteiger partial charge is 0.338 e. The van der Waals surface area contributed by atoms with Crippen molar-refractivity contribution in [2.75, 3.05) is 13.1 Å². The van der Waals surface area contributed by atoms with Gasteiger partial charge in [-0.15, -0.1) is 5.10 Å². The molecule has 1 aliphatic rings. The van der Waals surface area contributed by atoms with Gasteiger partial charge in [-0.1, -0.05) is 19.1 Å². The molecule has 7 heteroatoms. The van der Waals surface area contributed by atoms with Crippen molar-refractivity contribution in [3.05, 3.63) is 45.6 Å². The molecule has 0 spiro atoms. The Morgan fingerprint density at radius 1 is 1.38 bits per heavy atom. The summed E-state index contributed by atoms with van der Waals surface area (Å²) in [7, 11) is 0. The second kappa shape index (κ2) is 7.85. The first-order valence-electron chi connectivity index (χ1n) is 9.30. The smallest absolute Gasteiger partial charge is 0.260 e. The lowest BCUT2D eigenvalue weighted by Crippen LogP contribution is -2.42. The van der Waals surface area contributed by atoms with Crippen LogP contribution in [0.3, 0.4) is 0 Å². The number of hydrogen-bond donors (Lipinski definition) is 1. The van der Waals surface area contributed by atoms with Crippen LogP contribution in [0.5, 0.6) is 0 Å². The van der Waals surface area contributed by atoms with Gasteiger partial charge in [0, 0.05) is 31.5 Å². The van der Waals surface area contributed by atoms with E-state index in [0.717, 1.165) is 37.2 Å². The molecule has 1 saturated heterocycles. The second-order valence-electron chi connectivity index (χ2n) is 7.67. The number of aryl methyl sites for hydroxylation is 1. The quantitative estimate of drug-likeness (QED) is 0.887. The van der Waals surface area contributed by atoms with E-state index in [1.807, 2.05) is 10.9 Å². The molecule has 0 saturated carbocycles. The fourth-order valence-electron chi connectivity index (χ4n) is 3.51. The molecular formula is C19H27N5O2. The van der Waals surface area contributed by atoms with Crippen LogP contribution in [-0.4, -0.2) is 43.9 Å². The molecule has 140 valence electrons. The highest BCUT2D eigenvalue weighted by Crippen LogP contribution is 2.19. The molecule has 0 radical (unpaired) electrons. The van der Waals surface area contributed by atoms with Crippen LogP contribution in [0, 0.1) is 18.8 Å². The molecule has 1 N–H and O–H groups in total. The SMILES string of the molecule is Cc1ccc(C(=O)N2CCC[C@@H](Cn3cc(CC(C)C)nn3)C2)c(=O)[nH]1. The number of amides is 1. The molecule has 1 fully saturated rings. The third-order valence-electron chi connectivity index (χ3n) is 4.74. The van der Waals surface area contributed by atoms with Crippen molar-refractivity contribution in [1.29, 1.82) is 0 Å². The number of piperidine rings is 1. The van der Waals surface area contributed by atoms with Gasteiger partial charge in [0.05, 0.1) is 5.69 Å². The highest BCUT2D eigenvalue weighted by atomic mass is 16.2. The normalized spacial score (nSPS) is 17.7. The number of aromatic nitrogens is 4. The maximum Gasteiger partial charge on any atom is 0.260 e. The Hall–Kier alpha value is -2.44. The third kappa shape index (κ3) is 4.39. The summed E-state index contributed by atoms with van der Waals surface area (Å²) in [5, 5.41) is 8.45. The molecule has 3 heterocycles. The van der Waals surface area contributed by atoms with Crippen molar-refractivity contribution < 1.29 is 4.79 Å². The minimum absolute atomic E-state index is 0.185. The molecule has 3 rings (SSSR count). The number of hydrogen-bond acceptors (Lipinski definition) is 4. The molecule has 1 amide bonds. The fraction of sp³-hybridized carbons (Fsp3) is 0.579. The standard InChI is InChI=1S/C19H27N5O2/c1-13(2)9-16-12-24(22-21-16)11-15-5-4-8-23(10-15)19(26)17-7-6-14(3)20-18(17)25/h6-7,12-13,15H,4-5,8-11H2,1-3H3,(H,20,25)/t15-/m1/s1. The Kier molecular flexibility index (Phi) is 5.54. The van der Waals surface area contributed by atoms with E-state index < -0.39 is 0 Å². The summed E-state index contributed by atoms with van der Waals surface area (Å²) in [6.45, 7) is 8.22. The van der Waals surface area contributed by atoms with E-state index in [-0.39, 0.29) is 17.0 Å². The molecule has 0 bridgehead atoms. The number of nitrogens with zero attached hydrogens (tertiary/aromatic N) is 4. The minimum atomic E-state index is -0.313. The van der Waals surface area contributed by atoms with Gasteiger partial charge in [0.25, 0.3) is 11.5 Å². The molecule has 0 aromatic carbocycles. The van der Waals surface area contributed by atoms with Crippen molar-refractivity contribution in [3.63, 3.8) is 0 Å². The van der Waals surface area contributed by atoms with Crippen molar-refractivity contribution in [3.8, 4) is 0 Å². The third-order valence-corrected chi connectivity index (χ3v) is 4.74. The summed E-state index contributed by atoms with van der Waals surface area (Å²) in [5.74, 6) is 0.691. The highest BCUT2D eigenvalue weighted by molar-refractivity contribution is 5.93. The number of nitrogens with one attached hydrogen (secondary N) is 1. The van der Waals surface area contributed by atoms with Crippen molar-refractivity contribution >= 4 is 5.91 Å². The summed E-state index contributed by atoms with van der Waals surface area (Å²) in [5.41, 5.74) is 1.67. The van der Waals surface area contributed by atoms with Crippen LogP contribution in [0.15, 0.2) is 23.1 Å². The topological polar surface area (TPSA) is 83.9 Å². The molecule has 2 aromatic heterocycles. The Morgan fingerprint density at radius 2 is 2.19 bits per heavy atom. The zero-order valence-electron chi connectivity index (χ0n) is 15.7. The maximum atomic E-state index is 12.7. The van der Waals surface area contributed by atoms with E-state index in [9.17, 15) is 9.59 Å². The number of carbonyl (C=O) groups is 1. The van der Waals surface area contributed by atoms with Gasteiger partial charge >= 0.3 is 0 Å². The van der Waals surface area contributed by atoms with Gasteiger partial charge in [0.2, 0.25) is 0 Å². The van der Waals surface area contributed by atoms with Crippen molar-refractivity contribution in [2.45, 2.75) is 46.6 Å². The lowest BCUT2D eigenvalue weighted by molar-refractivity contribution is 0.0657. The molecule has 2 aromatic rings. The van der Waals surface area contributed by atoms with Gasteiger partial charge in [-0.05, 0) is 50.2 Å². The van der Waals surface area contributed by atoms with Crippen LogP contribution in [-0.2, 0) is 13.0 Å². The predicted molar refractivity (Wildman–Crippen MR) is 99.0 cm³/mol. The maximum absolute atomic E-state index is 12.7. The highest BCUT2D eigenvalue weighted by Gasteiger charge is 2.26. The van der Waals surface area contributed by atoms with E-state index in [1.54, 1.807) is 24.0 Å². The number of H-pyrrole nitrogens is 1. The summed E-state index contributed by atoms with van der Waals surface area (Å²) >= 11 is 0. The molecule has 26 heavy (non-hydrogen) atoms. The van der Waals surface area contributed by atoms with Gasteiger partial charge < -0.3 is 9.88 Å². The Labute approximate surface area is 153 Å². The lowest BCUT2D eigenvalue weighted by Gasteiger charge is -2.32. The number of likely N-dealkylation sites (tertiary alicyclic amines) is 1. The van der Waals surface area contributed by atoms with E-state index >= 15 is 0 Å². The van der Waals surface area contributed by atoms with Crippen molar-refractivity contribution in [2.24, 2.45) is 11.8 Å². The monoisotopic (exact) mass is 357 g/mol. The number of pyridine rings is 1. The van der Waals surface area contributed by atoms with Gasteiger partial charge in [-0.25, -0.2) is 0 Å². The summed E-state index contributed by atoms with van der Waals surface area (Å²) in [6, 6.07) is 3.39. The van der Waals surface area contributed by atoms with Gasteiger partial charge in [0.15, 0.2) is 0 Å². The van der Waals surface area contributed by atoms with Crippen molar-refractivity contribution in [1.82, 2.24) is 24.9 Å². The minimum Gasteiger partial charge on any atom is -0.338 e. The van der Waals surface area contributed by atoms with Gasteiger partial charge in [0.1, 0.15) is 5.56 Å². The fourth-order valence-corrected chi connectivity index (χ4v) is 3.51. The van der Waals surface area contributed by atoms with E-state index in [0.29, 0.717) is 24.9 Å². The first-order chi connectivity index (χ1) is 12.4. The van der Waals surface area contributed by atoms with E-state index in [4.69, 9.17) is 0 Å². The lowest BCUT2D eigenvalue weighted by atomic mass is 9.97. The Bertz CT molecular complexity index is 823. The first kappa shape index (κ1) is 18.4. The average Bonchev–Trinajstić information content (AvgIpc) is 3.00. The molecule has 7 nitrogen and oxygen atoms in total. The Morgan fingerprint density at radius 3 is 2.92 bits per heavy atom. The van der Waals surface area contributed by atoms with E-state index in [1.165, 1.54) is 0 Å². The van der Waals surface area contributed by atoms with Crippen LogP contribution in [0.1, 0.15) is 48.4 Å². The van der Waals surface area contributed by atoms with Crippen LogP contribution >= 0.6 is 0 Å². The molecule has 1 atom stereocenters. The Balaban J connectivity index is 1.64. The summed E-state index contributed by atoms with van der Waals surface area (Å²) < 4.78 is 1.88.